The Morgan fingerprint density at radius 2 is 1.68 bits per heavy atom. The first-order chi connectivity index (χ1) is 17.7. The van der Waals surface area contributed by atoms with E-state index in [4.69, 9.17) is 9.47 Å². The summed E-state index contributed by atoms with van der Waals surface area (Å²) in [5, 5.41) is 10.8. The molecule has 0 spiro atoms. The van der Waals surface area contributed by atoms with Gasteiger partial charge in [-0.2, -0.15) is 4.98 Å². The number of unbranched alkanes of at least 4 members (excludes halogenated alkanes) is 1. The van der Waals surface area contributed by atoms with Crippen LogP contribution in [0.2, 0.25) is 0 Å². The molecule has 0 amide bonds. The molecule has 0 saturated carbocycles. The standard InChI is InChI=1S/C26H28N4O6S/c1-5-6-10-21-28-25(31)23(26(32)30(21)22-19(35-3)8-7-9-20(22)36-4)37(33,34)18-13-11-17(12-14-18)24-27-15-16-29(24)2/h7-9,11-16,31H,5-6,10H2,1-4H3. The maximum Gasteiger partial charge on any atom is 0.281 e. The van der Waals surface area contributed by atoms with Crippen molar-refractivity contribution in [1.82, 2.24) is 19.1 Å². The molecule has 11 heteroatoms. The Morgan fingerprint density at radius 3 is 2.22 bits per heavy atom. The predicted molar refractivity (Wildman–Crippen MR) is 137 cm³/mol. The summed E-state index contributed by atoms with van der Waals surface area (Å²) in [5.74, 6) is 0.564. The van der Waals surface area contributed by atoms with Crippen LogP contribution in [0.4, 0.5) is 0 Å². The number of hydrogen-bond acceptors (Lipinski definition) is 8. The average Bonchev–Trinajstić information content (AvgIpc) is 3.32. The number of aromatic hydroxyl groups is 1. The van der Waals surface area contributed by atoms with Crippen molar-refractivity contribution >= 4 is 9.84 Å². The summed E-state index contributed by atoms with van der Waals surface area (Å²) >= 11 is 0. The normalized spacial score (nSPS) is 11.5. The second-order valence-electron chi connectivity index (χ2n) is 8.33. The van der Waals surface area contributed by atoms with Gasteiger partial charge in [0, 0.05) is 31.4 Å². The molecule has 0 radical (unpaired) electrons. The van der Waals surface area contributed by atoms with E-state index < -0.39 is 26.2 Å². The highest BCUT2D eigenvalue weighted by atomic mass is 32.2. The molecule has 37 heavy (non-hydrogen) atoms. The Morgan fingerprint density at radius 1 is 1.03 bits per heavy atom. The quantitative estimate of drug-likeness (QED) is 0.353. The number of rotatable bonds is 9. The molecule has 2 heterocycles. The Balaban J connectivity index is 1.94. The summed E-state index contributed by atoms with van der Waals surface area (Å²) in [6.07, 6.45) is 5.18. The highest BCUT2D eigenvalue weighted by Gasteiger charge is 2.31. The Hall–Kier alpha value is -4.12. The summed E-state index contributed by atoms with van der Waals surface area (Å²) in [6.45, 7) is 1.97. The number of sulfone groups is 1. The van der Waals surface area contributed by atoms with Crippen LogP contribution >= 0.6 is 0 Å². The molecular weight excluding hydrogens is 496 g/mol. The van der Waals surface area contributed by atoms with E-state index >= 15 is 0 Å². The summed E-state index contributed by atoms with van der Waals surface area (Å²) in [5.41, 5.74) is -0.0489. The lowest BCUT2D eigenvalue weighted by molar-refractivity contribution is 0.386. The first-order valence-electron chi connectivity index (χ1n) is 11.6. The lowest BCUT2D eigenvalue weighted by Crippen LogP contribution is -2.29. The molecule has 194 valence electrons. The van der Waals surface area contributed by atoms with Gasteiger partial charge in [0.25, 0.3) is 5.56 Å². The maximum absolute atomic E-state index is 13.9. The van der Waals surface area contributed by atoms with E-state index in [0.717, 1.165) is 11.0 Å². The molecule has 0 unspecified atom stereocenters. The van der Waals surface area contributed by atoms with Gasteiger partial charge in [-0.3, -0.25) is 9.36 Å². The van der Waals surface area contributed by atoms with Crippen LogP contribution in [0.5, 0.6) is 17.4 Å². The molecule has 0 bridgehead atoms. The molecule has 0 atom stereocenters. The molecule has 0 fully saturated rings. The van der Waals surface area contributed by atoms with E-state index in [-0.39, 0.29) is 27.9 Å². The maximum atomic E-state index is 13.9. The van der Waals surface area contributed by atoms with Crippen molar-refractivity contribution in [3.8, 4) is 34.5 Å². The lowest BCUT2D eigenvalue weighted by atomic mass is 10.2. The van der Waals surface area contributed by atoms with E-state index in [0.29, 0.717) is 24.2 Å². The van der Waals surface area contributed by atoms with Gasteiger partial charge in [0.05, 0.1) is 19.1 Å². The second-order valence-corrected chi connectivity index (χ2v) is 10.2. The van der Waals surface area contributed by atoms with Gasteiger partial charge >= 0.3 is 0 Å². The average molecular weight is 525 g/mol. The number of imidazole rings is 1. The number of para-hydroxylation sites is 1. The first-order valence-corrected chi connectivity index (χ1v) is 13.1. The fourth-order valence-corrected chi connectivity index (χ4v) is 5.44. The first kappa shape index (κ1) is 26.0. The molecule has 10 nitrogen and oxygen atoms in total. The molecule has 0 aliphatic heterocycles. The zero-order valence-electron chi connectivity index (χ0n) is 21.0. The number of nitrogens with zero attached hydrogens (tertiary/aromatic N) is 4. The third-order valence-electron chi connectivity index (χ3n) is 5.99. The highest BCUT2D eigenvalue weighted by molar-refractivity contribution is 7.91. The van der Waals surface area contributed by atoms with Crippen molar-refractivity contribution < 1.29 is 23.0 Å². The highest BCUT2D eigenvalue weighted by Crippen LogP contribution is 2.34. The van der Waals surface area contributed by atoms with Crippen LogP contribution in [0.25, 0.3) is 17.1 Å². The third-order valence-corrected chi connectivity index (χ3v) is 7.77. The monoisotopic (exact) mass is 524 g/mol. The number of benzene rings is 2. The molecule has 1 N–H and O–H groups in total. The van der Waals surface area contributed by atoms with Crippen molar-refractivity contribution in [1.29, 1.82) is 0 Å². The zero-order chi connectivity index (χ0) is 26.7. The van der Waals surface area contributed by atoms with Crippen LogP contribution in [-0.4, -0.2) is 46.8 Å². The van der Waals surface area contributed by atoms with Gasteiger partial charge in [0.1, 0.15) is 28.8 Å². The van der Waals surface area contributed by atoms with Crippen LogP contribution in [-0.2, 0) is 23.3 Å². The number of methoxy groups -OCH3 is 2. The van der Waals surface area contributed by atoms with Gasteiger partial charge in [-0.25, -0.2) is 13.4 Å². The van der Waals surface area contributed by atoms with E-state index in [1.165, 1.54) is 26.4 Å². The van der Waals surface area contributed by atoms with Crippen molar-refractivity contribution in [3.05, 3.63) is 71.0 Å². The second kappa shape index (κ2) is 10.5. The summed E-state index contributed by atoms with van der Waals surface area (Å²) in [4.78, 5) is 21.3. The fourth-order valence-electron chi connectivity index (χ4n) is 4.10. The van der Waals surface area contributed by atoms with Gasteiger partial charge in [0.15, 0.2) is 4.90 Å². The number of hydrogen-bond donors (Lipinski definition) is 1. The van der Waals surface area contributed by atoms with E-state index in [1.54, 1.807) is 47.3 Å². The molecule has 0 aliphatic carbocycles. The third kappa shape index (κ3) is 4.69. The Bertz CT molecular complexity index is 1570. The van der Waals surface area contributed by atoms with Crippen molar-refractivity contribution in [2.24, 2.45) is 7.05 Å². The van der Waals surface area contributed by atoms with Gasteiger partial charge in [-0.15, -0.1) is 0 Å². The number of ether oxygens (including phenoxy) is 2. The molecule has 2 aromatic carbocycles. The minimum Gasteiger partial charge on any atom is -0.494 e. The van der Waals surface area contributed by atoms with Gasteiger partial charge in [-0.05, 0) is 42.8 Å². The molecule has 0 saturated heterocycles. The van der Waals surface area contributed by atoms with Gasteiger partial charge in [0.2, 0.25) is 15.7 Å². The number of aryl methyl sites for hydroxylation is 2. The molecular formula is C26H28N4O6S. The SMILES string of the molecule is CCCCc1nc(O)c(S(=O)(=O)c2ccc(-c3nccn3C)cc2)c(=O)n1-c1c(OC)cccc1OC. The van der Waals surface area contributed by atoms with Crippen molar-refractivity contribution in [2.45, 2.75) is 36.0 Å². The summed E-state index contributed by atoms with van der Waals surface area (Å²) in [6, 6.07) is 10.9. The van der Waals surface area contributed by atoms with Crippen LogP contribution < -0.4 is 15.0 Å². The summed E-state index contributed by atoms with van der Waals surface area (Å²) < 4.78 is 41.2. The van der Waals surface area contributed by atoms with E-state index in [1.807, 2.05) is 14.0 Å². The molecule has 4 rings (SSSR count). The van der Waals surface area contributed by atoms with E-state index in [9.17, 15) is 18.3 Å². The largest absolute Gasteiger partial charge is 0.494 e. The van der Waals surface area contributed by atoms with Crippen molar-refractivity contribution in [3.63, 3.8) is 0 Å². The van der Waals surface area contributed by atoms with Gasteiger partial charge < -0.3 is 19.1 Å². The smallest absolute Gasteiger partial charge is 0.281 e. The van der Waals surface area contributed by atoms with Crippen molar-refractivity contribution in [2.75, 3.05) is 14.2 Å². The van der Waals surface area contributed by atoms with Crippen LogP contribution in [0.15, 0.2) is 69.4 Å². The number of aromatic nitrogens is 4. The zero-order valence-corrected chi connectivity index (χ0v) is 21.8. The Kier molecular flexibility index (Phi) is 7.35. The summed E-state index contributed by atoms with van der Waals surface area (Å²) in [7, 11) is 0.236. The molecule has 4 aromatic rings. The predicted octanol–water partition coefficient (Wildman–Crippen LogP) is 3.53. The molecule has 0 aliphatic rings. The Labute approximate surface area is 214 Å². The fraction of sp³-hybridized carbons (Fsp3) is 0.269. The van der Waals surface area contributed by atoms with Crippen LogP contribution in [0, 0.1) is 0 Å². The van der Waals surface area contributed by atoms with Crippen LogP contribution in [0.3, 0.4) is 0 Å². The molecule has 2 aromatic heterocycles. The topological polar surface area (TPSA) is 126 Å². The van der Waals surface area contributed by atoms with Gasteiger partial charge in [-0.1, -0.05) is 19.4 Å². The van der Waals surface area contributed by atoms with Crippen LogP contribution in [0.1, 0.15) is 25.6 Å². The minimum atomic E-state index is -4.46. The minimum absolute atomic E-state index is 0.167. The van der Waals surface area contributed by atoms with E-state index in [2.05, 4.69) is 9.97 Å². The lowest BCUT2D eigenvalue weighted by Gasteiger charge is -2.19.